The Labute approximate surface area is 247 Å². The maximum Gasteiger partial charge on any atom is 0.322 e. The molecule has 0 spiro atoms. The lowest BCUT2D eigenvalue weighted by atomic mass is 10.0. The summed E-state index contributed by atoms with van der Waals surface area (Å²) in [6.07, 6.45) is 30.7. The van der Waals surface area contributed by atoms with Crippen LogP contribution in [0.25, 0.3) is 0 Å². The van der Waals surface area contributed by atoms with E-state index in [9.17, 15) is 14.4 Å². The number of esters is 1. The van der Waals surface area contributed by atoms with E-state index in [0.29, 0.717) is 12.8 Å². The van der Waals surface area contributed by atoms with Crippen LogP contribution in [0.1, 0.15) is 187 Å². The van der Waals surface area contributed by atoms with Crippen LogP contribution >= 0.6 is 0 Å². The van der Waals surface area contributed by atoms with Gasteiger partial charge < -0.3 is 15.2 Å². The van der Waals surface area contributed by atoms with Crippen molar-refractivity contribution >= 4 is 17.8 Å². The predicted octanol–water partition coefficient (Wildman–Crippen LogP) is 9.67. The molecule has 0 aliphatic rings. The fourth-order valence-corrected chi connectivity index (χ4v) is 5.22. The molecule has 0 radical (unpaired) electrons. The van der Waals surface area contributed by atoms with Crippen molar-refractivity contribution in [1.82, 2.24) is 5.32 Å². The number of carbonyl (C=O) groups excluding carboxylic acids is 2. The molecule has 0 aliphatic heterocycles. The maximum atomic E-state index is 12.6. The number of nitrogens with one attached hydrogen (secondary N) is 1. The molecule has 0 saturated carbocycles. The van der Waals surface area contributed by atoms with Gasteiger partial charge in [-0.25, -0.2) is 0 Å². The molecule has 0 aromatic heterocycles. The lowest BCUT2D eigenvalue weighted by molar-refractivity contribution is -0.150. The highest BCUT2D eigenvalue weighted by atomic mass is 16.5. The minimum absolute atomic E-state index is 0.0174. The average Bonchev–Trinajstić information content (AvgIpc) is 2.93. The van der Waals surface area contributed by atoms with Gasteiger partial charge in [0.2, 0.25) is 5.91 Å². The van der Waals surface area contributed by atoms with Crippen LogP contribution in [-0.2, 0) is 19.1 Å². The van der Waals surface area contributed by atoms with Crippen LogP contribution in [0, 0.1) is 0 Å². The number of unbranched alkanes of at least 4 members (excludes halogenated alkanes) is 20. The first kappa shape index (κ1) is 38.4. The van der Waals surface area contributed by atoms with E-state index in [-0.39, 0.29) is 24.5 Å². The van der Waals surface area contributed by atoms with Gasteiger partial charge in [0.1, 0.15) is 12.6 Å². The number of carbonyl (C=O) groups is 3. The second-order valence-corrected chi connectivity index (χ2v) is 11.8. The zero-order valence-corrected chi connectivity index (χ0v) is 26.5. The molecule has 0 bridgehead atoms. The summed E-state index contributed by atoms with van der Waals surface area (Å²) in [5.74, 6) is -1.22. The number of carboxylic acids is 1. The van der Waals surface area contributed by atoms with Gasteiger partial charge in [-0.3, -0.25) is 14.4 Å². The number of hydrogen-bond donors (Lipinski definition) is 2. The Morgan fingerprint density at radius 3 is 1.35 bits per heavy atom. The fourth-order valence-electron chi connectivity index (χ4n) is 5.22. The Bertz CT molecular complexity index is 595. The molecule has 6 heteroatoms. The Hall–Kier alpha value is -1.59. The largest absolute Gasteiger partial charge is 0.480 e. The molecule has 0 rings (SSSR count). The molecule has 0 heterocycles. The van der Waals surface area contributed by atoms with E-state index in [2.05, 4.69) is 19.2 Å². The van der Waals surface area contributed by atoms with Gasteiger partial charge in [0.25, 0.3) is 0 Å². The van der Waals surface area contributed by atoms with E-state index in [1.807, 2.05) is 0 Å². The first-order chi connectivity index (χ1) is 19.5. The summed E-state index contributed by atoms with van der Waals surface area (Å²) in [6, 6.07) is 0. The number of rotatable bonds is 31. The summed E-state index contributed by atoms with van der Waals surface area (Å²) in [5, 5.41) is 11.0. The topological polar surface area (TPSA) is 92.7 Å². The Morgan fingerprint density at radius 2 is 0.925 bits per heavy atom. The van der Waals surface area contributed by atoms with Gasteiger partial charge in [0, 0.05) is 12.8 Å². The van der Waals surface area contributed by atoms with Crippen LogP contribution in [0.2, 0.25) is 0 Å². The monoisotopic (exact) mass is 567 g/mol. The van der Waals surface area contributed by atoms with Crippen LogP contribution < -0.4 is 5.32 Å². The number of ether oxygens (including phenoxy) is 1. The Morgan fingerprint density at radius 1 is 0.550 bits per heavy atom. The second kappa shape index (κ2) is 30.4. The molecule has 0 saturated heterocycles. The quantitative estimate of drug-likeness (QED) is 0.0642. The summed E-state index contributed by atoms with van der Waals surface area (Å²) in [5.41, 5.74) is 0. The third-order valence-corrected chi connectivity index (χ3v) is 7.78. The standard InChI is InChI=1S/C34H65NO5/c1-3-5-7-9-11-12-13-14-16-21-25-29-34(39)40-31(26-22-18-15-10-8-6-4-2)27-23-19-17-20-24-28-32(36)35-30-33(37)38/h31H,3-30H2,1-2H3,(H,35,36)(H,37,38). The van der Waals surface area contributed by atoms with Gasteiger partial charge in [-0.15, -0.1) is 0 Å². The predicted molar refractivity (Wildman–Crippen MR) is 167 cm³/mol. The highest BCUT2D eigenvalue weighted by Gasteiger charge is 2.14. The van der Waals surface area contributed by atoms with E-state index >= 15 is 0 Å². The molecule has 6 nitrogen and oxygen atoms in total. The molecule has 1 amide bonds. The van der Waals surface area contributed by atoms with Crippen molar-refractivity contribution in [1.29, 1.82) is 0 Å². The minimum Gasteiger partial charge on any atom is -0.480 e. The van der Waals surface area contributed by atoms with Gasteiger partial charge in [0.15, 0.2) is 0 Å². The molecule has 236 valence electrons. The molecular formula is C34H65NO5. The number of carboxylic acid groups (broad SMARTS) is 1. The van der Waals surface area contributed by atoms with Crippen molar-refractivity contribution in [2.24, 2.45) is 0 Å². The normalized spacial score (nSPS) is 11.8. The minimum atomic E-state index is -1.01. The molecule has 0 fully saturated rings. The third-order valence-electron chi connectivity index (χ3n) is 7.78. The van der Waals surface area contributed by atoms with Gasteiger partial charge in [0.05, 0.1) is 0 Å². The molecular weight excluding hydrogens is 502 g/mol. The fraction of sp³-hybridized carbons (Fsp3) is 0.912. The van der Waals surface area contributed by atoms with E-state index in [0.717, 1.165) is 64.2 Å². The summed E-state index contributed by atoms with van der Waals surface area (Å²) in [4.78, 5) is 34.7. The zero-order valence-electron chi connectivity index (χ0n) is 26.5. The van der Waals surface area contributed by atoms with Gasteiger partial charge in [-0.2, -0.15) is 0 Å². The van der Waals surface area contributed by atoms with Gasteiger partial charge in [-0.1, -0.05) is 136 Å². The Balaban J connectivity index is 4.07. The molecule has 0 aromatic rings. The molecule has 2 N–H and O–H groups in total. The van der Waals surface area contributed by atoms with Crippen molar-refractivity contribution in [3.63, 3.8) is 0 Å². The first-order valence-electron chi connectivity index (χ1n) is 17.2. The lowest BCUT2D eigenvalue weighted by Gasteiger charge is -2.18. The van der Waals surface area contributed by atoms with Crippen LogP contribution in [0.5, 0.6) is 0 Å². The maximum absolute atomic E-state index is 12.6. The smallest absolute Gasteiger partial charge is 0.322 e. The van der Waals surface area contributed by atoms with Crippen LogP contribution in [0.15, 0.2) is 0 Å². The van der Waals surface area contributed by atoms with Crippen molar-refractivity contribution in [2.45, 2.75) is 193 Å². The highest BCUT2D eigenvalue weighted by Crippen LogP contribution is 2.18. The van der Waals surface area contributed by atoms with Crippen molar-refractivity contribution in [2.75, 3.05) is 6.54 Å². The molecule has 40 heavy (non-hydrogen) atoms. The summed E-state index contributed by atoms with van der Waals surface area (Å²) < 4.78 is 5.95. The average molecular weight is 568 g/mol. The van der Waals surface area contributed by atoms with Crippen LogP contribution in [-0.4, -0.2) is 35.6 Å². The molecule has 0 aliphatic carbocycles. The van der Waals surface area contributed by atoms with Crippen molar-refractivity contribution < 1.29 is 24.2 Å². The van der Waals surface area contributed by atoms with E-state index in [1.165, 1.54) is 96.3 Å². The lowest BCUT2D eigenvalue weighted by Crippen LogP contribution is -2.28. The second-order valence-electron chi connectivity index (χ2n) is 11.8. The molecule has 1 unspecified atom stereocenters. The van der Waals surface area contributed by atoms with Gasteiger partial charge in [-0.05, 0) is 38.5 Å². The first-order valence-corrected chi connectivity index (χ1v) is 17.2. The highest BCUT2D eigenvalue weighted by molar-refractivity contribution is 5.80. The van der Waals surface area contributed by atoms with Crippen LogP contribution in [0.4, 0.5) is 0 Å². The van der Waals surface area contributed by atoms with E-state index < -0.39 is 5.97 Å². The van der Waals surface area contributed by atoms with Crippen molar-refractivity contribution in [3.05, 3.63) is 0 Å². The number of amides is 1. The van der Waals surface area contributed by atoms with E-state index in [1.54, 1.807) is 0 Å². The van der Waals surface area contributed by atoms with Gasteiger partial charge >= 0.3 is 11.9 Å². The van der Waals surface area contributed by atoms with Crippen LogP contribution in [0.3, 0.4) is 0 Å². The van der Waals surface area contributed by atoms with Crippen molar-refractivity contribution in [3.8, 4) is 0 Å². The zero-order chi connectivity index (χ0) is 29.5. The Kier molecular flexibility index (Phi) is 29.2. The molecule has 0 aromatic carbocycles. The molecule has 1 atom stereocenters. The summed E-state index contributed by atoms with van der Waals surface area (Å²) >= 11 is 0. The SMILES string of the molecule is CCCCCCCCCCCCCC(=O)OC(CCCCCCCCC)CCCCCCCC(=O)NCC(=O)O. The number of hydrogen-bond acceptors (Lipinski definition) is 4. The number of aliphatic carboxylic acids is 1. The third kappa shape index (κ3) is 29.4. The summed E-state index contributed by atoms with van der Waals surface area (Å²) in [7, 11) is 0. The van der Waals surface area contributed by atoms with E-state index in [4.69, 9.17) is 9.84 Å². The summed E-state index contributed by atoms with van der Waals surface area (Å²) in [6.45, 7) is 4.20.